The van der Waals surface area contributed by atoms with Crippen LogP contribution < -0.4 is 24.8 Å². The third-order valence-corrected chi connectivity index (χ3v) is 4.10. The highest BCUT2D eigenvalue weighted by Gasteiger charge is 2.14. The first-order chi connectivity index (χ1) is 14.0. The summed E-state index contributed by atoms with van der Waals surface area (Å²) in [5.74, 6) is 2.36. The standard InChI is InChI=1S/C21H22N4O4/c1-13-22-17(21(26)25-15-7-5-6-8-18(15)28-3)12-20(23-13)24-16-10-9-14(27-2)11-19(16)29-4/h5-12H,1-4H3,(H,25,26)(H,22,23,24). The zero-order valence-corrected chi connectivity index (χ0v) is 16.6. The molecule has 150 valence electrons. The van der Waals surface area contributed by atoms with Gasteiger partial charge in [0.2, 0.25) is 0 Å². The number of carbonyl (C=O) groups is 1. The van der Waals surface area contributed by atoms with Crippen LogP contribution in [0.1, 0.15) is 16.3 Å². The third-order valence-electron chi connectivity index (χ3n) is 4.10. The monoisotopic (exact) mass is 394 g/mol. The number of para-hydroxylation sites is 2. The molecule has 1 aromatic heterocycles. The minimum atomic E-state index is -0.371. The molecule has 2 aromatic carbocycles. The number of aryl methyl sites for hydroxylation is 1. The molecular formula is C21H22N4O4. The van der Waals surface area contributed by atoms with Crippen molar-refractivity contribution in [2.24, 2.45) is 0 Å². The molecule has 1 amide bonds. The summed E-state index contributed by atoms with van der Waals surface area (Å²) in [6.07, 6.45) is 0. The minimum Gasteiger partial charge on any atom is -0.497 e. The molecule has 0 saturated carbocycles. The van der Waals surface area contributed by atoms with E-state index in [9.17, 15) is 4.79 Å². The quantitative estimate of drug-likeness (QED) is 0.629. The van der Waals surface area contributed by atoms with Gasteiger partial charge in [0, 0.05) is 12.1 Å². The summed E-state index contributed by atoms with van der Waals surface area (Å²) in [6.45, 7) is 1.72. The number of anilines is 3. The lowest BCUT2D eigenvalue weighted by molar-refractivity contribution is 0.102. The maximum absolute atomic E-state index is 12.7. The van der Waals surface area contributed by atoms with E-state index in [-0.39, 0.29) is 11.6 Å². The summed E-state index contributed by atoms with van der Waals surface area (Å²) in [7, 11) is 4.70. The Morgan fingerprint density at radius 2 is 1.62 bits per heavy atom. The average molecular weight is 394 g/mol. The topological polar surface area (TPSA) is 94.6 Å². The third kappa shape index (κ3) is 4.73. The molecule has 0 aliphatic heterocycles. The number of nitrogens with zero attached hydrogens (tertiary/aromatic N) is 2. The van der Waals surface area contributed by atoms with Crippen LogP contribution >= 0.6 is 0 Å². The molecule has 1 heterocycles. The van der Waals surface area contributed by atoms with Gasteiger partial charge in [0.15, 0.2) is 0 Å². The number of amides is 1. The number of ether oxygens (including phenoxy) is 3. The second-order valence-corrected chi connectivity index (χ2v) is 6.03. The minimum absolute atomic E-state index is 0.221. The van der Waals surface area contributed by atoms with Gasteiger partial charge < -0.3 is 24.8 Å². The Hall–Kier alpha value is -3.81. The fourth-order valence-corrected chi connectivity index (χ4v) is 2.72. The summed E-state index contributed by atoms with van der Waals surface area (Å²) in [6, 6.07) is 14.1. The molecule has 0 unspecified atom stereocenters. The van der Waals surface area contributed by atoms with Gasteiger partial charge in [-0.25, -0.2) is 9.97 Å². The maximum atomic E-state index is 12.7. The van der Waals surface area contributed by atoms with Crippen LogP contribution in [0.4, 0.5) is 17.2 Å². The Labute approximate surface area is 168 Å². The van der Waals surface area contributed by atoms with E-state index in [0.717, 1.165) is 0 Å². The van der Waals surface area contributed by atoms with Crippen LogP contribution in [0.2, 0.25) is 0 Å². The molecule has 0 radical (unpaired) electrons. The zero-order valence-electron chi connectivity index (χ0n) is 16.6. The van der Waals surface area contributed by atoms with Gasteiger partial charge in [0.1, 0.15) is 34.6 Å². The van der Waals surface area contributed by atoms with E-state index in [0.29, 0.717) is 40.3 Å². The number of carbonyl (C=O) groups excluding carboxylic acids is 1. The number of rotatable bonds is 7. The second kappa shape index (κ2) is 8.92. The van der Waals surface area contributed by atoms with Crippen LogP contribution in [0, 0.1) is 6.92 Å². The molecule has 0 atom stereocenters. The van der Waals surface area contributed by atoms with Crippen molar-refractivity contribution in [2.45, 2.75) is 6.92 Å². The number of aromatic nitrogens is 2. The first-order valence-corrected chi connectivity index (χ1v) is 8.83. The Bertz CT molecular complexity index is 1020. The SMILES string of the molecule is COc1ccc(Nc2cc(C(=O)Nc3ccccc3OC)nc(C)n2)c(OC)c1. The maximum Gasteiger partial charge on any atom is 0.274 e. The van der Waals surface area contributed by atoms with Crippen molar-refractivity contribution in [3.63, 3.8) is 0 Å². The molecule has 0 aliphatic carbocycles. The molecular weight excluding hydrogens is 372 g/mol. The van der Waals surface area contributed by atoms with Gasteiger partial charge >= 0.3 is 0 Å². The van der Waals surface area contributed by atoms with Crippen molar-refractivity contribution < 1.29 is 19.0 Å². The second-order valence-electron chi connectivity index (χ2n) is 6.03. The van der Waals surface area contributed by atoms with E-state index < -0.39 is 0 Å². The molecule has 3 aromatic rings. The van der Waals surface area contributed by atoms with E-state index in [4.69, 9.17) is 14.2 Å². The van der Waals surface area contributed by atoms with E-state index in [2.05, 4.69) is 20.6 Å². The lowest BCUT2D eigenvalue weighted by Gasteiger charge is -2.13. The van der Waals surface area contributed by atoms with Gasteiger partial charge in [-0.1, -0.05) is 12.1 Å². The molecule has 8 heteroatoms. The molecule has 2 N–H and O–H groups in total. The van der Waals surface area contributed by atoms with Crippen LogP contribution in [-0.4, -0.2) is 37.2 Å². The van der Waals surface area contributed by atoms with E-state index in [1.165, 1.54) is 0 Å². The first kappa shape index (κ1) is 19.9. The Kier molecular flexibility index (Phi) is 6.13. The summed E-state index contributed by atoms with van der Waals surface area (Å²) in [5.41, 5.74) is 1.46. The van der Waals surface area contributed by atoms with Crippen molar-refractivity contribution in [1.82, 2.24) is 9.97 Å². The number of nitrogens with one attached hydrogen (secondary N) is 2. The Balaban J connectivity index is 1.86. The predicted octanol–water partition coefficient (Wildman–Crippen LogP) is 3.81. The fourth-order valence-electron chi connectivity index (χ4n) is 2.72. The number of benzene rings is 2. The van der Waals surface area contributed by atoms with E-state index >= 15 is 0 Å². The largest absolute Gasteiger partial charge is 0.497 e. The van der Waals surface area contributed by atoms with Crippen molar-refractivity contribution in [2.75, 3.05) is 32.0 Å². The normalized spacial score (nSPS) is 10.2. The first-order valence-electron chi connectivity index (χ1n) is 8.83. The van der Waals surface area contributed by atoms with Gasteiger partial charge in [-0.15, -0.1) is 0 Å². The smallest absolute Gasteiger partial charge is 0.274 e. The predicted molar refractivity (Wildman–Crippen MR) is 111 cm³/mol. The van der Waals surface area contributed by atoms with Gasteiger partial charge in [-0.3, -0.25) is 4.79 Å². The number of hydrogen-bond acceptors (Lipinski definition) is 7. The number of methoxy groups -OCH3 is 3. The van der Waals surface area contributed by atoms with Crippen LogP contribution in [0.5, 0.6) is 17.2 Å². The highest BCUT2D eigenvalue weighted by atomic mass is 16.5. The van der Waals surface area contributed by atoms with Crippen LogP contribution in [-0.2, 0) is 0 Å². The van der Waals surface area contributed by atoms with E-state index in [1.54, 1.807) is 58.6 Å². The van der Waals surface area contributed by atoms with Crippen LogP contribution in [0.3, 0.4) is 0 Å². The average Bonchev–Trinajstić information content (AvgIpc) is 2.74. The zero-order chi connectivity index (χ0) is 20.8. The molecule has 8 nitrogen and oxygen atoms in total. The van der Waals surface area contributed by atoms with Crippen LogP contribution in [0.15, 0.2) is 48.5 Å². The Morgan fingerprint density at radius 1 is 0.862 bits per heavy atom. The van der Waals surface area contributed by atoms with Crippen molar-refractivity contribution in [3.05, 3.63) is 60.0 Å². The molecule has 0 fully saturated rings. The summed E-state index contributed by atoms with van der Waals surface area (Å²) in [5, 5.41) is 5.97. The van der Waals surface area contributed by atoms with Gasteiger partial charge in [-0.2, -0.15) is 0 Å². The Morgan fingerprint density at radius 3 is 2.34 bits per heavy atom. The fraction of sp³-hybridized carbons (Fsp3) is 0.190. The molecule has 3 rings (SSSR count). The van der Waals surface area contributed by atoms with Crippen molar-refractivity contribution >= 4 is 23.1 Å². The lowest BCUT2D eigenvalue weighted by atomic mass is 10.2. The van der Waals surface area contributed by atoms with Gasteiger partial charge in [-0.05, 0) is 31.2 Å². The highest BCUT2D eigenvalue weighted by molar-refractivity contribution is 6.04. The summed E-state index contributed by atoms with van der Waals surface area (Å²) < 4.78 is 15.9. The van der Waals surface area contributed by atoms with Crippen molar-refractivity contribution in [1.29, 1.82) is 0 Å². The lowest BCUT2D eigenvalue weighted by Crippen LogP contribution is -2.16. The van der Waals surface area contributed by atoms with Crippen molar-refractivity contribution in [3.8, 4) is 17.2 Å². The number of hydrogen-bond donors (Lipinski definition) is 2. The van der Waals surface area contributed by atoms with Gasteiger partial charge in [0.25, 0.3) is 5.91 Å². The summed E-state index contributed by atoms with van der Waals surface area (Å²) >= 11 is 0. The molecule has 0 aliphatic rings. The van der Waals surface area contributed by atoms with E-state index in [1.807, 2.05) is 18.2 Å². The molecule has 0 spiro atoms. The van der Waals surface area contributed by atoms with Crippen LogP contribution in [0.25, 0.3) is 0 Å². The summed E-state index contributed by atoms with van der Waals surface area (Å²) in [4.78, 5) is 21.3. The highest BCUT2D eigenvalue weighted by Crippen LogP contribution is 2.31. The molecule has 0 saturated heterocycles. The molecule has 0 bridgehead atoms. The molecule has 29 heavy (non-hydrogen) atoms. The van der Waals surface area contributed by atoms with Gasteiger partial charge in [0.05, 0.1) is 32.7 Å².